The van der Waals surface area contributed by atoms with Crippen molar-refractivity contribution in [2.45, 2.75) is 13.0 Å². The lowest BCUT2D eigenvalue weighted by molar-refractivity contribution is -0.151. The second-order valence-electron chi connectivity index (χ2n) is 7.37. The summed E-state index contributed by atoms with van der Waals surface area (Å²) in [6, 6.07) is 19.2. The molecule has 1 aliphatic rings. The number of hydrogen-bond donors (Lipinski definition) is 0. The predicted molar refractivity (Wildman–Crippen MR) is 125 cm³/mol. The van der Waals surface area contributed by atoms with Crippen molar-refractivity contribution in [3.8, 4) is 23.0 Å². The van der Waals surface area contributed by atoms with Gasteiger partial charge in [0.2, 0.25) is 11.9 Å². The molecule has 0 aliphatic carbocycles. The monoisotopic (exact) mass is 460 g/mol. The Morgan fingerprint density at radius 2 is 1.74 bits per heavy atom. The van der Waals surface area contributed by atoms with Crippen molar-refractivity contribution >= 4 is 17.8 Å². The number of methoxy groups -OCH3 is 2. The molecule has 7 heteroatoms. The molecule has 0 unspecified atom stereocenters. The Morgan fingerprint density at radius 3 is 2.44 bits per heavy atom. The molecule has 4 rings (SSSR count). The van der Waals surface area contributed by atoms with E-state index in [1.54, 1.807) is 75.8 Å². The maximum Gasteiger partial charge on any atom is 0.352 e. The van der Waals surface area contributed by atoms with Gasteiger partial charge in [0, 0.05) is 11.6 Å². The van der Waals surface area contributed by atoms with E-state index in [0.29, 0.717) is 34.1 Å². The SMILES string of the molecule is CCOC(=O)[C@H](Oc1ccc2c(c1)OC(=Cc1ccc(OC)c(OC)c1)C2=O)c1ccccc1. The van der Waals surface area contributed by atoms with Gasteiger partial charge in [0.15, 0.2) is 17.3 Å². The molecule has 0 bridgehead atoms. The Kier molecular flexibility index (Phi) is 6.82. The summed E-state index contributed by atoms with van der Waals surface area (Å²) >= 11 is 0. The van der Waals surface area contributed by atoms with Crippen molar-refractivity contribution in [3.05, 3.63) is 89.2 Å². The number of carbonyl (C=O) groups is 2. The van der Waals surface area contributed by atoms with Crippen LogP contribution in [0.25, 0.3) is 6.08 Å². The molecule has 0 spiro atoms. The van der Waals surface area contributed by atoms with Crippen molar-refractivity contribution in [2.75, 3.05) is 20.8 Å². The highest BCUT2D eigenvalue weighted by Gasteiger charge is 2.29. The Hall–Kier alpha value is -4.26. The van der Waals surface area contributed by atoms with Gasteiger partial charge in [0.05, 0.1) is 26.4 Å². The zero-order valence-electron chi connectivity index (χ0n) is 19.1. The molecule has 0 saturated heterocycles. The Labute approximate surface area is 197 Å². The van der Waals surface area contributed by atoms with Crippen molar-refractivity contribution in [1.82, 2.24) is 0 Å². The maximum atomic E-state index is 12.9. The van der Waals surface area contributed by atoms with E-state index in [1.165, 1.54) is 0 Å². The third-order valence-corrected chi connectivity index (χ3v) is 5.20. The molecule has 0 radical (unpaired) electrons. The quantitative estimate of drug-likeness (QED) is 0.346. The van der Waals surface area contributed by atoms with Crippen LogP contribution in [0.1, 0.15) is 34.5 Å². The number of rotatable bonds is 8. The summed E-state index contributed by atoms with van der Waals surface area (Å²) in [5.74, 6) is 1.28. The summed E-state index contributed by atoms with van der Waals surface area (Å²) in [4.78, 5) is 25.4. The molecule has 0 aromatic heterocycles. The number of benzene rings is 3. The number of carbonyl (C=O) groups excluding carboxylic acids is 2. The minimum Gasteiger partial charge on any atom is -0.493 e. The van der Waals surface area contributed by atoms with Gasteiger partial charge >= 0.3 is 5.97 Å². The summed E-state index contributed by atoms with van der Waals surface area (Å²) in [6.45, 7) is 1.97. The van der Waals surface area contributed by atoms with Gasteiger partial charge in [-0.3, -0.25) is 4.79 Å². The fourth-order valence-electron chi connectivity index (χ4n) is 3.57. The van der Waals surface area contributed by atoms with Gasteiger partial charge in [-0.1, -0.05) is 36.4 Å². The predicted octanol–water partition coefficient (Wildman–Crippen LogP) is 5.00. The summed E-state index contributed by atoms with van der Waals surface area (Å²) < 4.78 is 27.6. The van der Waals surface area contributed by atoms with E-state index >= 15 is 0 Å². The average molecular weight is 460 g/mol. The van der Waals surface area contributed by atoms with Crippen LogP contribution in [-0.2, 0) is 9.53 Å². The minimum atomic E-state index is -0.946. The molecule has 1 atom stereocenters. The first-order chi connectivity index (χ1) is 16.5. The van der Waals surface area contributed by atoms with Crippen molar-refractivity contribution in [3.63, 3.8) is 0 Å². The zero-order valence-corrected chi connectivity index (χ0v) is 19.1. The van der Waals surface area contributed by atoms with Crippen LogP contribution in [0, 0.1) is 0 Å². The highest BCUT2D eigenvalue weighted by molar-refractivity contribution is 6.14. The van der Waals surface area contributed by atoms with Gasteiger partial charge in [-0.25, -0.2) is 4.79 Å². The molecule has 0 fully saturated rings. The summed E-state index contributed by atoms with van der Waals surface area (Å²) in [7, 11) is 3.10. The molecule has 0 amide bonds. The van der Waals surface area contributed by atoms with Crippen molar-refractivity contribution in [1.29, 1.82) is 0 Å². The van der Waals surface area contributed by atoms with Crippen LogP contribution in [0.2, 0.25) is 0 Å². The average Bonchev–Trinajstić information content (AvgIpc) is 3.17. The molecular weight excluding hydrogens is 436 g/mol. The lowest BCUT2D eigenvalue weighted by Crippen LogP contribution is -2.21. The van der Waals surface area contributed by atoms with Gasteiger partial charge in [0.25, 0.3) is 0 Å². The zero-order chi connectivity index (χ0) is 24.1. The van der Waals surface area contributed by atoms with Crippen LogP contribution in [0.15, 0.2) is 72.5 Å². The Morgan fingerprint density at radius 1 is 0.971 bits per heavy atom. The molecule has 0 saturated carbocycles. The van der Waals surface area contributed by atoms with Gasteiger partial charge in [-0.2, -0.15) is 0 Å². The Balaban J connectivity index is 1.58. The normalized spacial score (nSPS) is 14.2. The summed E-state index contributed by atoms with van der Waals surface area (Å²) in [5.41, 5.74) is 1.79. The first-order valence-electron chi connectivity index (χ1n) is 10.7. The van der Waals surface area contributed by atoms with Crippen molar-refractivity contribution < 1.29 is 33.3 Å². The lowest BCUT2D eigenvalue weighted by atomic mass is 10.1. The molecule has 174 valence electrons. The molecule has 0 N–H and O–H groups in total. The third-order valence-electron chi connectivity index (χ3n) is 5.20. The Bertz CT molecular complexity index is 1230. The molecule has 1 aliphatic heterocycles. The number of fused-ring (bicyclic) bond motifs is 1. The van der Waals surface area contributed by atoms with Gasteiger partial charge in [-0.05, 0) is 42.8 Å². The summed E-state index contributed by atoms with van der Waals surface area (Å²) in [6.07, 6.45) is 0.689. The van der Waals surface area contributed by atoms with Crippen LogP contribution in [0.3, 0.4) is 0 Å². The van der Waals surface area contributed by atoms with Gasteiger partial charge in [0.1, 0.15) is 11.5 Å². The van der Waals surface area contributed by atoms with E-state index in [4.69, 9.17) is 23.7 Å². The highest BCUT2D eigenvalue weighted by atomic mass is 16.6. The van der Waals surface area contributed by atoms with E-state index in [2.05, 4.69) is 0 Å². The molecular formula is C27H24O7. The highest BCUT2D eigenvalue weighted by Crippen LogP contribution is 2.37. The lowest BCUT2D eigenvalue weighted by Gasteiger charge is -2.18. The van der Waals surface area contributed by atoms with Crippen LogP contribution >= 0.6 is 0 Å². The van der Waals surface area contributed by atoms with Crippen LogP contribution in [-0.4, -0.2) is 32.6 Å². The molecule has 34 heavy (non-hydrogen) atoms. The number of ether oxygens (including phenoxy) is 5. The standard InChI is InChI=1S/C27H24O7/c1-4-32-27(29)26(18-8-6-5-7-9-18)33-19-11-12-20-22(16-19)34-24(25(20)28)15-17-10-13-21(30-2)23(14-17)31-3/h5-16,26H,4H2,1-3H3/t26-/m1/s1. The smallest absolute Gasteiger partial charge is 0.352 e. The molecule has 3 aromatic carbocycles. The summed E-state index contributed by atoms with van der Waals surface area (Å²) in [5, 5.41) is 0. The second kappa shape index (κ2) is 10.1. The number of ketones is 1. The largest absolute Gasteiger partial charge is 0.493 e. The van der Waals surface area contributed by atoms with E-state index in [9.17, 15) is 9.59 Å². The third kappa shape index (κ3) is 4.73. The number of allylic oxidation sites excluding steroid dienone is 1. The molecule has 1 heterocycles. The number of esters is 1. The first kappa shape index (κ1) is 22.9. The minimum absolute atomic E-state index is 0.171. The molecule has 7 nitrogen and oxygen atoms in total. The van der Waals surface area contributed by atoms with Gasteiger partial charge in [-0.15, -0.1) is 0 Å². The number of hydrogen-bond acceptors (Lipinski definition) is 7. The molecule has 3 aromatic rings. The van der Waals surface area contributed by atoms with E-state index < -0.39 is 12.1 Å². The number of Topliss-reactive ketones (excluding diaryl/α,β-unsaturated/α-hetero) is 1. The van der Waals surface area contributed by atoms with Crippen molar-refractivity contribution in [2.24, 2.45) is 0 Å². The van der Waals surface area contributed by atoms with E-state index in [0.717, 1.165) is 5.56 Å². The maximum absolute atomic E-state index is 12.9. The second-order valence-corrected chi connectivity index (χ2v) is 7.37. The van der Waals surface area contributed by atoms with E-state index in [1.807, 2.05) is 18.2 Å². The van der Waals surface area contributed by atoms with Crippen LogP contribution in [0.5, 0.6) is 23.0 Å². The van der Waals surface area contributed by atoms with Gasteiger partial charge < -0.3 is 23.7 Å². The fraction of sp³-hybridized carbons (Fsp3) is 0.185. The fourth-order valence-corrected chi connectivity index (χ4v) is 3.57. The topological polar surface area (TPSA) is 80.3 Å². The van der Waals surface area contributed by atoms with E-state index in [-0.39, 0.29) is 18.1 Å². The van der Waals surface area contributed by atoms with Crippen LogP contribution in [0.4, 0.5) is 0 Å². The van der Waals surface area contributed by atoms with Crippen LogP contribution < -0.4 is 18.9 Å². The first-order valence-corrected chi connectivity index (χ1v) is 10.7.